The molecule has 1 aromatic carbocycles. The molecule has 0 aliphatic heterocycles. The Morgan fingerprint density at radius 1 is 1.19 bits per heavy atom. The van der Waals surface area contributed by atoms with Crippen LogP contribution < -0.4 is 5.32 Å². The summed E-state index contributed by atoms with van der Waals surface area (Å²) in [6.07, 6.45) is 2.66. The Labute approximate surface area is 173 Å². The van der Waals surface area contributed by atoms with Crippen molar-refractivity contribution in [3.05, 3.63) is 63.6 Å². The molecule has 3 heterocycles. The number of rotatable bonds is 8. The Hall–Kier alpha value is -1.87. The van der Waals surface area contributed by atoms with Crippen LogP contribution in [0.3, 0.4) is 0 Å². The van der Waals surface area contributed by atoms with E-state index >= 15 is 0 Å². The molecule has 138 valence electrons. The van der Waals surface area contributed by atoms with Gasteiger partial charge in [-0.15, -0.1) is 21.5 Å². The minimum atomic E-state index is 0.571. The highest BCUT2D eigenvalue weighted by Crippen LogP contribution is 2.29. The van der Waals surface area contributed by atoms with Crippen molar-refractivity contribution in [2.45, 2.75) is 16.5 Å². The zero-order valence-electron chi connectivity index (χ0n) is 14.1. The Balaban J connectivity index is 1.28. The van der Waals surface area contributed by atoms with E-state index in [0.717, 1.165) is 33.7 Å². The lowest BCUT2D eigenvalue weighted by Gasteiger charge is -1.99. The van der Waals surface area contributed by atoms with E-state index in [1.165, 1.54) is 4.88 Å². The molecule has 27 heavy (non-hydrogen) atoms. The molecule has 0 aliphatic carbocycles. The van der Waals surface area contributed by atoms with Gasteiger partial charge in [-0.1, -0.05) is 46.8 Å². The first kappa shape index (κ1) is 18.5. The van der Waals surface area contributed by atoms with Crippen LogP contribution in [0, 0.1) is 0 Å². The lowest BCUT2D eigenvalue weighted by molar-refractivity contribution is 0.573. The molecule has 0 saturated carbocycles. The number of thioether (sulfide) groups is 1. The molecular weight excluding hydrogens is 420 g/mol. The van der Waals surface area contributed by atoms with Crippen molar-refractivity contribution in [3.8, 4) is 11.5 Å². The molecule has 9 heteroatoms. The van der Waals surface area contributed by atoms with Crippen LogP contribution in [-0.2, 0) is 12.2 Å². The van der Waals surface area contributed by atoms with Gasteiger partial charge in [0, 0.05) is 27.8 Å². The van der Waals surface area contributed by atoms with Crippen LogP contribution >= 0.6 is 46.0 Å². The number of anilines is 1. The predicted octanol–water partition coefficient (Wildman–Crippen LogP) is 5.85. The quantitative estimate of drug-likeness (QED) is 0.350. The zero-order chi connectivity index (χ0) is 18.5. The first-order chi connectivity index (χ1) is 13.3. The molecule has 0 aliphatic rings. The molecule has 0 amide bonds. The average Bonchev–Trinajstić information content (AvgIpc) is 3.42. The molecule has 1 N–H and O–H groups in total. The van der Waals surface area contributed by atoms with E-state index in [-0.39, 0.29) is 0 Å². The molecule has 4 rings (SSSR count). The predicted molar refractivity (Wildman–Crippen MR) is 113 cm³/mol. The maximum Gasteiger partial charge on any atom is 0.226 e. The summed E-state index contributed by atoms with van der Waals surface area (Å²) in [5.74, 6) is 1.25. The maximum atomic E-state index is 6.02. The minimum absolute atomic E-state index is 0.571. The second kappa shape index (κ2) is 8.88. The fraction of sp³-hybridized carbons (Fsp3) is 0.167. The number of benzene rings is 1. The van der Waals surface area contributed by atoms with Gasteiger partial charge in [0.1, 0.15) is 6.26 Å². The van der Waals surface area contributed by atoms with Crippen molar-refractivity contribution in [2.75, 3.05) is 11.9 Å². The highest BCUT2D eigenvalue weighted by Gasteiger charge is 2.10. The van der Waals surface area contributed by atoms with Crippen LogP contribution in [0.5, 0.6) is 0 Å². The Morgan fingerprint density at radius 2 is 2.15 bits per heavy atom. The number of halogens is 1. The van der Waals surface area contributed by atoms with Gasteiger partial charge in [-0.05, 0) is 36.1 Å². The first-order valence-corrected chi connectivity index (χ1v) is 11.2. The fourth-order valence-electron chi connectivity index (χ4n) is 2.35. The van der Waals surface area contributed by atoms with E-state index in [2.05, 4.69) is 38.0 Å². The van der Waals surface area contributed by atoms with Gasteiger partial charge in [-0.25, -0.2) is 4.98 Å². The maximum absolute atomic E-state index is 6.02. The number of oxazole rings is 1. The molecule has 0 saturated heterocycles. The summed E-state index contributed by atoms with van der Waals surface area (Å²) < 4.78 is 6.46. The van der Waals surface area contributed by atoms with E-state index in [1.54, 1.807) is 40.7 Å². The molecule has 4 aromatic rings. The topological polar surface area (TPSA) is 63.8 Å². The third kappa shape index (κ3) is 5.10. The van der Waals surface area contributed by atoms with Crippen LogP contribution in [0.4, 0.5) is 5.13 Å². The van der Waals surface area contributed by atoms with Crippen LogP contribution in [-0.4, -0.2) is 21.7 Å². The van der Waals surface area contributed by atoms with Gasteiger partial charge >= 0.3 is 0 Å². The van der Waals surface area contributed by atoms with Gasteiger partial charge in [0.2, 0.25) is 11.0 Å². The largest absolute Gasteiger partial charge is 0.444 e. The third-order valence-electron chi connectivity index (χ3n) is 3.60. The molecule has 3 aromatic heterocycles. The van der Waals surface area contributed by atoms with E-state index in [4.69, 9.17) is 16.0 Å². The first-order valence-electron chi connectivity index (χ1n) is 8.19. The van der Waals surface area contributed by atoms with Gasteiger partial charge in [0.25, 0.3) is 0 Å². The van der Waals surface area contributed by atoms with Crippen molar-refractivity contribution >= 4 is 51.2 Å². The Morgan fingerprint density at radius 3 is 3.00 bits per heavy atom. The molecule has 0 unspecified atom stereocenters. The second-order valence-electron chi connectivity index (χ2n) is 5.57. The van der Waals surface area contributed by atoms with Crippen LogP contribution in [0.25, 0.3) is 11.5 Å². The molecule has 0 fully saturated rings. The minimum Gasteiger partial charge on any atom is -0.444 e. The van der Waals surface area contributed by atoms with Crippen molar-refractivity contribution in [1.82, 2.24) is 15.2 Å². The average molecular weight is 435 g/mol. The highest BCUT2D eigenvalue weighted by atomic mass is 35.5. The summed E-state index contributed by atoms with van der Waals surface area (Å²) in [5.41, 5.74) is 1.73. The highest BCUT2D eigenvalue weighted by molar-refractivity contribution is 8.00. The van der Waals surface area contributed by atoms with Crippen LogP contribution in [0.15, 0.2) is 56.8 Å². The van der Waals surface area contributed by atoms with Gasteiger partial charge < -0.3 is 9.73 Å². The molecular formula is C18H15ClN4OS3. The number of hydrogen-bond donors (Lipinski definition) is 1. The standard InChI is InChI=1S/C18H15ClN4OS3/c19-13-4-1-3-12(9-13)16-21-14(10-24-16)11-26-18-23-22-17(27-18)20-7-6-15-5-2-8-25-15/h1-5,8-10H,6-7,11H2,(H,20,22). The SMILES string of the molecule is Clc1cccc(-c2nc(CSc3nnc(NCCc4cccs4)s3)co2)c1. The van der Waals surface area contributed by atoms with Gasteiger partial charge in [0.15, 0.2) is 4.34 Å². The Bertz CT molecular complexity index is 1000. The summed E-state index contributed by atoms with van der Waals surface area (Å²) in [4.78, 5) is 5.88. The zero-order valence-corrected chi connectivity index (χ0v) is 17.3. The monoisotopic (exact) mass is 434 g/mol. The van der Waals surface area contributed by atoms with E-state index in [0.29, 0.717) is 16.7 Å². The summed E-state index contributed by atoms with van der Waals surface area (Å²) in [7, 11) is 0. The molecule has 0 bridgehead atoms. The van der Waals surface area contributed by atoms with E-state index < -0.39 is 0 Å². The van der Waals surface area contributed by atoms with Crippen molar-refractivity contribution in [1.29, 1.82) is 0 Å². The number of nitrogens with zero attached hydrogens (tertiary/aromatic N) is 3. The Kier molecular flexibility index (Phi) is 6.08. The lowest BCUT2D eigenvalue weighted by atomic mass is 10.2. The number of nitrogens with one attached hydrogen (secondary N) is 1. The summed E-state index contributed by atoms with van der Waals surface area (Å²) in [5, 5.41) is 15.3. The normalized spacial score (nSPS) is 11.0. The smallest absolute Gasteiger partial charge is 0.226 e. The van der Waals surface area contributed by atoms with E-state index in [9.17, 15) is 0 Å². The van der Waals surface area contributed by atoms with Crippen LogP contribution in [0.1, 0.15) is 10.6 Å². The number of thiophene rings is 1. The van der Waals surface area contributed by atoms with Gasteiger partial charge in [-0.3, -0.25) is 0 Å². The van der Waals surface area contributed by atoms with Crippen molar-refractivity contribution < 1.29 is 4.42 Å². The van der Waals surface area contributed by atoms with Crippen molar-refractivity contribution in [3.63, 3.8) is 0 Å². The number of aromatic nitrogens is 3. The summed E-state index contributed by atoms with van der Waals surface area (Å²) in [6, 6.07) is 11.7. The third-order valence-corrected chi connectivity index (χ3v) is 6.82. The second-order valence-corrected chi connectivity index (χ2v) is 9.24. The number of hydrogen-bond acceptors (Lipinski definition) is 8. The molecule has 0 spiro atoms. The van der Waals surface area contributed by atoms with E-state index in [1.807, 2.05) is 24.3 Å². The summed E-state index contributed by atoms with van der Waals surface area (Å²) in [6.45, 7) is 0.853. The summed E-state index contributed by atoms with van der Waals surface area (Å²) >= 11 is 10.9. The van der Waals surface area contributed by atoms with Gasteiger partial charge in [0.05, 0.1) is 5.69 Å². The molecule has 0 radical (unpaired) electrons. The lowest BCUT2D eigenvalue weighted by Crippen LogP contribution is -2.03. The van der Waals surface area contributed by atoms with Crippen LogP contribution in [0.2, 0.25) is 5.02 Å². The molecule has 0 atom stereocenters. The fourth-order valence-corrected chi connectivity index (χ4v) is 4.90. The molecule has 5 nitrogen and oxygen atoms in total. The van der Waals surface area contributed by atoms with Gasteiger partial charge in [-0.2, -0.15) is 0 Å². The van der Waals surface area contributed by atoms with Crippen molar-refractivity contribution in [2.24, 2.45) is 0 Å².